The molecular formula is C20H26N2S. The monoisotopic (exact) mass is 326 g/mol. The molecule has 0 aliphatic carbocycles. The van der Waals surface area contributed by atoms with Gasteiger partial charge in [0, 0.05) is 11.4 Å². The van der Waals surface area contributed by atoms with Crippen molar-refractivity contribution in [2.24, 2.45) is 0 Å². The second-order valence-electron chi connectivity index (χ2n) is 5.70. The largest absolute Gasteiger partial charge is 0.332 e. The summed E-state index contributed by atoms with van der Waals surface area (Å²) in [5.74, 6) is 0. The molecule has 0 bridgehead atoms. The van der Waals surface area contributed by atoms with E-state index in [2.05, 4.69) is 74.7 Å². The van der Waals surface area contributed by atoms with Crippen molar-refractivity contribution in [1.29, 1.82) is 0 Å². The number of anilines is 2. The Morgan fingerprint density at radius 2 is 1.22 bits per heavy atom. The highest BCUT2D eigenvalue weighted by atomic mass is 32.1. The molecule has 2 rings (SSSR count). The van der Waals surface area contributed by atoms with Crippen LogP contribution in [0.15, 0.2) is 36.4 Å². The lowest BCUT2D eigenvalue weighted by molar-refractivity contribution is 1.09. The van der Waals surface area contributed by atoms with Crippen LogP contribution >= 0.6 is 12.2 Å². The summed E-state index contributed by atoms with van der Waals surface area (Å²) in [4.78, 5) is 0. The van der Waals surface area contributed by atoms with Crippen LogP contribution in [-0.4, -0.2) is 5.11 Å². The Hall–Kier alpha value is -1.87. The van der Waals surface area contributed by atoms with Gasteiger partial charge in [0.1, 0.15) is 0 Å². The highest BCUT2D eigenvalue weighted by Gasteiger charge is 2.10. The van der Waals surface area contributed by atoms with Gasteiger partial charge in [-0.05, 0) is 60.7 Å². The van der Waals surface area contributed by atoms with E-state index in [4.69, 9.17) is 12.2 Å². The van der Waals surface area contributed by atoms with Crippen LogP contribution in [0, 0.1) is 6.92 Å². The van der Waals surface area contributed by atoms with Crippen LogP contribution in [0.1, 0.15) is 43.0 Å². The fraction of sp³-hybridized carbons (Fsp3) is 0.350. The SMILES string of the molecule is CCc1cccc(C)c1NC(=S)Nc1c(CC)cccc1CC. The van der Waals surface area contributed by atoms with Crippen LogP contribution in [0.25, 0.3) is 0 Å². The maximum Gasteiger partial charge on any atom is 0.175 e. The zero-order valence-corrected chi connectivity index (χ0v) is 15.3. The normalized spacial score (nSPS) is 10.4. The number of aryl methyl sites for hydroxylation is 4. The molecule has 0 aliphatic heterocycles. The molecule has 2 N–H and O–H groups in total. The predicted molar refractivity (Wildman–Crippen MR) is 106 cm³/mol. The highest BCUT2D eigenvalue weighted by Crippen LogP contribution is 2.25. The van der Waals surface area contributed by atoms with Gasteiger partial charge < -0.3 is 10.6 Å². The van der Waals surface area contributed by atoms with Gasteiger partial charge in [-0.3, -0.25) is 0 Å². The summed E-state index contributed by atoms with van der Waals surface area (Å²) < 4.78 is 0. The quantitative estimate of drug-likeness (QED) is 0.710. The van der Waals surface area contributed by atoms with Crippen LogP contribution in [0.4, 0.5) is 11.4 Å². The molecule has 0 aromatic heterocycles. The summed E-state index contributed by atoms with van der Waals surface area (Å²) in [5.41, 5.74) is 7.38. The first-order valence-electron chi connectivity index (χ1n) is 8.37. The number of para-hydroxylation sites is 2. The molecule has 2 aromatic rings. The van der Waals surface area contributed by atoms with Gasteiger partial charge in [-0.25, -0.2) is 0 Å². The Bertz CT molecular complexity index is 670. The molecule has 0 radical (unpaired) electrons. The molecule has 122 valence electrons. The smallest absolute Gasteiger partial charge is 0.175 e. The van der Waals surface area contributed by atoms with E-state index in [9.17, 15) is 0 Å². The third-order valence-corrected chi connectivity index (χ3v) is 4.42. The highest BCUT2D eigenvalue weighted by molar-refractivity contribution is 7.80. The van der Waals surface area contributed by atoms with Gasteiger partial charge in [-0.2, -0.15) is 0 Å². The number of hydrogen-bond acceptors (Lipinski definition) is 1. The van der Waals surface area contributed by atoms with Gasteiger partial charge in [0.25, 0.3) is 0 Å². The molecule has 0 spiro atoms. The molecule has 0 atom stereocenters. The zero-order valence-electron chi connectivity index (χ0n) is 14.5. The molecular weight excluding hydrogens is 300 g/mol. The molecule has 0 amide bonds. The Morgan fingerprint density at radius 1 is 0.783 bits per heavy atom. The second-order valence-corrected chi connectivity index (χ2v) is 6.11. The third-order valence-electron chi connectivity index (χ3n) is 4.22. The Morgan fingerprint density at radius 3 is 1.74 bits per heavy atom. The second kappa shape index (κ2) is 8.11. The average molecular weight is 327 g/mol. The van der Waals surface area contributed by atoms with Gasteiger partial charge in [0.05, 0.1) is 0 Å². The van der Waals surface area contributed by atoms with E-state index in [1.54, 1.807) is 0 Å². The van der Waals surface area contributed by atoms with Crippen LogP contribution in [-0.2, 0) is 19.3 Å². The summed E-state index contributed by atoms with van der Waals surface area (Å²) >= 11 is 5.58. The number of nitrogens with one attached hydrogen (secondary N) is 2. The van der Waals surface area contributed by atoms with Crippen LogP contribution < -0.4 is 10.6 Å². The zero-order chi connectivity index (χ0) is 16.8. The summed E-state index contributed by atoms with van der Waals surface area (Å²) in [6, 6.07) is 12.8. The molecule has 0 saturated carbocycles. The first kappa shape index (κ1) is 17.5. The Balaban J connectivity index is 2.24. The Labute approximate surface area is 145 Å². The average Bonchev–Trinajstić information content (AvgIpc) is 2.56. The van der Waals surface area contributed by atoms with Crippen molar-refractivity contribution in [3.05, 3.63) is 58.7 Å². The van der Waals surface area contributed by atoms with Crippen molar-refractivity contribution in [1.82, 2.24) is 0 Å². The fourth-order valence-corrected chi connectivity index (χ4v) is 3.07. The van der Waals surface area contributed by atoms with Gasteiger partial charge in [0.15, 0.2) is 5.11 Å². The van der Waals surface area contributed by atoms with E-state index in [0.717, 1.165) is 30.6 Å². The number of benzene rings is 2. The molecule has 3 heteroatoms. The minimum atomic E-state index is 0.657. The lowest BCUT2D eigenvalue weighted by Crippen LogP contribution is -2.22. The summed E-state index contributed by atoms with van der Waals surface area (Å²) in [7, 11) is 0. The van der Waals surface area contributed by atoms with Crippen LogP contribution in [0.3, 0.4) is 0 Å². The molecule has 0 saturated heterocycles. The van der Waals surface area contributed by atoms with Gasteiger partial charge in [-0.15, -0.1) is 0 Å². The van der Waals surface area contributed by atoms with Gasteiger partial charge in [-0.1, -0.05) is 57.2 Å². The first-order valence-corrected chi connectivity index (χ1v) is 8.78. The molecule has 2 nitrogen and oxygen atoms in total. The summed E-state index contributed by atoms with van der Waals surface area (Å²) in [6.45, 7) is 8.62. The molecule has 0 heterocycles. The van der Waals surface area contributed by atoms with Crippen LogP contribution in [0.2, 0.25) is 0 Å². The maximum atomic E-state index is 5.58. The van der Waals surface area contributed by atoms with Crippen molar-refractivity contribution >= 4 is 28.7 Å². The number of rotatable bonds is 5. The molecule has 2 aromatic carbocycles. The molecule has 0 unspecified atom stereocenters. The topological polar surface area (TPSA) is 24.1 Å². The number of hydrogen-bond donors (Lipinski definition) is 2. The minimum absolute atomic E-state index is 0.657. The summed E-state index contributed by atoms with van der Waals surface area (Å²) in [6.07, 6.45) is 2.96. The van der Waals surface area contributed by atoms with Gasteiger partial charge in [0.2, 0.25) is 0 Å². The third kappa shape index (κ3) is 4.11. The lowest BCUT2D eigenvalue weighted by Gasteiger charge is -2.19. The molecule has 23 heavy (non-hydrogen) atoms. The van der Waals surface area contributed by atoms with Gasteiger partial charge >= 0.3 is 0 Å². The molecule has 0 aliphatic rings. The van der Waals surface area contributed by atoms with Crippen molar-refractivity contribution in [2.75, 3.05) is 10.6 Å². The van der Waals surface area contributed by atoms with E-state index >= 15 is 0 Å². The predicted octanol–water partition coefficient (Wildman–Crippen LogP) is 5.49. The van der Waals surface area contributed by atoms with E-state index in [1.165, 1.54) is 22.3 Å². The van der Waals surface area contributed by atoms with E-state index < -0.39 is 0 Å². The van der Waals surface area contributed by atoms with Crippen molar-refractivity contribution in [3.8, 4) is 0 Å². The van der Waals surface area contributed by atoms with E-state index in [0.29, 0.717) is 5.11 Å². The van der Waals surface area contributed by atoms with Crippen molar-refractivity contribution in [3.63, 3.8) is 0 Å². The lowest BCUT2D eigenvalue weighted by atomic mass is 10.0. The first-order chi connectivity index (χ1) is 11.1. The number of thiocarbonyl (C=S) groups is 1. The fourth-order valence-electron chi connectivity index (χ4n) is 2.86. The van der Waals surface area contributed by atoms with Crippen LogP contribution in [0.5, 0.6) is 0 Å². The standard InChI is InChI=1S/C20H26N2S/c1-5-15-11-8-10-14(4)18(15)21-20(23)22-19-16(6-2)12-9-13-17(19)7-3/h8-13H,5-7H2,1-4H3,(H2,21,22,23). The van der Waals surface area contributed by atoms with E-state index in [1.807, 2.05) is 0 Å². The summed E-state index contributed by atoms with van der Waals surface area (Å²) in [5, 5.41) is 7.49. The van der Waals surface area contributed by atoms with E-state index in [-0.39, 0.29) is 0 Å². The van der Waals surface area contributed by atoms with Crippen molar-refractivity contribution in [2.45, 2.75) is 47.0 Å². The van der Waals surface area contributed by atoms with Crippen molar-refractivity contribution < 1.29 is 0 Å². The molecule has 0 fully saturated rings. The minimum Gasteiger partial charge on any atom is -0.332 e. The Kier molecular flexibility index (Phi) is 6.17. The maximum absolute atomic E-state index is 5.58.